The lowest BCUT2D eigenvalue weighted by Crippen LogP contribution is -1.57. The van der Waals surface area contributed by atoms with Crippen LogP contribution in [0, 0.1) is 0 Å². The van der Waals surface area contributed by atoms with Crippen LogP contribution in [0.3, 0.4) is 0 Å². The highest BCUT2D eigenvalue weighted by Crippen LogP contribution is 2.03. The molecule has 0 aromatic carbocycles. The third-order valence-electron chi connectivity index (χ3n) is 0.670. The third kappa shape index (κ3) is 5.67. The first kappa shape index (κ1) is 8.80. The van der Waals surface area contributed by atoms with Crippen molar-refractivity contribution in [2.45, 2.75) is 6.92 Å². The quantitative estimate of drug-likeness (QED) is 0.547. The molecule has 0 nitrogen and oxygen atoms in total. The fraction of sp³-hybridized carbons (Fsp3) is 0.143. The normalized spacial score (nSPS) is 13.9. The van der Waals surface area contributed by atoms with Crippen LogP contribution in [0.1, 0.15) is 6.92 Å². The summed E-state index contributed by atoms with van der Waals surface area (Å²) in [5, 5.41) is 0.628. The van der Waals surface area contributed by atoms with Gasteiger partial charge in [0.15, 0.2) is 0 Å². The van der Waals surface area contributed by atoms with Gasteiger partial charge >= 0.3 is 0 Å². The van der Waals surface area contributed by atoms with Crippen molar-refractivity contribution in [2.24, 2.45) is 0 Å². The van der Waals surface area contributed by atoms with Crippen LogP contribution in [0.15, 0.2) is 34.9 Å². The maximum absolute atomic E-state index is 5.60. The van der Waals surface area contributed by atoms with E-state index in [0.717, 1.165) is 0 Å². The Balaban J connectivity index is 3.84. The van der Waals surface area contributed by atoms with Crippen LogP contribution in [0.4, 0.5) is 0 Å². The highest BCUT2D eigenvalue weighted by molar-refractivity contribution is 6.33. The molecule has 0 N–H and O–H groups in total. The second-order valence-corrected chi connectivity index (χ2v) is 2.06. The van der Waals surface area contributed by atoms with Gasteiger partial charge in [-0.3, -0.25) is 0 Å². The van der Waals surface area contributed by atoms with Crippen molar-refractivity contribution in [1.82, 2.24) is 0 Å². The van der Waals surface area contributed by atoms with E-state index in [1.807, 2.05) is 19.1 Å². The van der Waals surface area contributed by atoms with Crippen LogP contribution >= 0.6 is 23.2 Å². The number of halogens is 2. The van der Waals surface area contributed by atoms with Crippen molar-refractivity contribution in [3.63, 3.8) is 0 Å². The maximum atomic E-state index is 5.60. The molecule has 0 spiro atoms. The molecule has 0 aliphatic rings. The van der Waals surface area contributed by atoms with E-state index in [-0.39, 0.29) is 0 Å². The predicted molar refractivity (Wildman–Crippen MR) is 43.7 cm³/mol. The summed E-state index contributed by atoms with van der Waals surface area (Å²) in [6.07, 6.45) is 7.12. The van der Waals surface area contributed by atoms with Crippen molar-refractivity contribution in [2.75, 3.05) is 0 Å². The minimum absolute atomic E-state index is 0.628. The molecule has 0 aliphatic carbocycles. The summed E-state index contributed by atoms with van der Waals surface area (Å²) < 4.78 is 0. The first-order chi connectivity index (χ1) is 4.31. The van der Waals surface area contributed by atoms with Crippen LogP contribution in [0.2, 0.25) is 0 Å². The molecule has 0 fully saturated rings. The number of hydrogen-bond acceptors (Lipinski definition) is 0. The van der Waals surface area contributed by atoms with Gasteiger partial charge in [0.05, 0.1) is 0 Å². The first-order valence-corrected chi connectivity index (χ1v) is 3.38. The van der Waals surface area contributed by atoms with Crippen molar-refractivity contribution < 1.29 is 0 Å². The Morgan fingerprint density at radius 3 is 2.56 bits per heavy atom. The van der Waals surface area contributed by atoms with Gasteiger partial charge in [0.1, 0.15) is 0 Å². The van der Waals surface area contributed by atoms with E-state index in [9.17, 15) is 0 Å². The van der Waals surface area contributed by atoms with Crippen molar-refractivity contribution >= 4 is 23.2 Å². The van der Waals surface area contributed by atoms with E-state index >= 15 is 0 Å². The Labute approximate surface area is 65.5 Å². The summed E-state index contributed by atoms with van der Waals surface area (Å²) in [5.41, 5.74) is 1.38. The van der Waals surface area contributed by atoms with E-state index in [1.54, 1.807) is 12.2 Å². The molecule has 0 aliphatic heterocycles. The van der Waals surface area contributed by atoms with E-state index in [2.05, 4.69) is 0 Å². The van der Waals surface area contributed by atoms with Crippen molar-refractivity contribution in [3.05, 3.63) is 34.9 Å². The Morgan fingerprint density at radius 1 is 1.44 bits per heavy atom. The minimum Gasteiger partial charge on any atom is -0.0929 e. The van der Waals surface area contributed by atoms with E-state index in [0.29, 0.717) is 5.03 Å². The fourth-order valence-corrected chi connectivity index (χ4v) is 0.640. The lowest BCUT2D eigenvalue weighted by Gasteiger charge is -1.79. The number of rotatable bonds is 2. The molecule has 2 heteroatoms. The molecule has 9 heavy (non-hydrogen) atoms. The van der Waals surface area contributed by atoms with Crippen LogP contribution in [-0.2, 0) is 0 Å². The summed E-state index contributed by atoms with van der Waals surface area (Å²) in [5.74, 6) is 0. The van der Waals surface area contributed by atoms with Crippen LogP contribution in [0.5, 0.6) is 0 Å². The van der Waals surface area contributed by atoms with Gasteiger partial charge in [-0.25, -0.2) is 0 Å². The van der Waals surface area contributed by atoms with E-state index in [4.69, 9.17) is 23.2 Å². The van der Waals surface area contributed by atoms with Crippen LogP contribution < -0.4 is 0 Å². The molecule has 0 aromatic rings. The first-order valence-electron chi connectivity index (χ1n) is 2.56. The summed E-state index contributed by atoms with van der Waals surface area (Å²) in [4.78, 5) is 0. The Kier molecular flexibility index (Phi) is 5.80. The van der Waals surface area contributed by atoms with Gasteiger partial charge in [0, 0.05) is 10.6 Å². The zero-order valence-electron chi connectivity index (χ0n) is 5.14. The Morgan fingerprint density at radius 2 is 2.11 bits per heavy atom. The predicted octanol–water partition coefficient (Wildman–Crippen LogP) is 3.44. The molecule has 50 valence electrons. The average molecular weight is 163 g/mol. The fourth-order valence-electron chi connectivity index (χ4n) is 0.304. The molecule has 0 unspecified atom stereocenters. The zero-order chi connectivity index (χ0) is 7.11. The standard InChI is InChI=1S/C7H8Cl2/c1-2-3-4-7(9)5-6-8/h2-6H,1H3/b3-2-,6-5+,7-4+. The minimum atomic E-state index is 0.628. The zero-order valence-corrected chi connectivity index (χ0v) is 6.65. The molecule has 0 heterocycles. The van der Waals surface area contributed by atoms with E-state index < -0.39 is 0 Å². The summed E-state index contributed by atoms with van der Waals surface area (Å²) >= 11 is 10.8. The Hall–Kier alpha value is -0.200. The molecule has 0 aromatic heterocycles. The van der Waals surface area contributed by atoms with Crippen molar-refractivity contribution in [1.29, 1.82) is 0 Å². The summed E-state index contributed by atoms with van der Waals surface area (Å²) in [6, 6.07) is 0. The van der Waals surface area contributed by atoms with Gasteiger partial charge in [-0.05, 0) is 19.1 Å². The molecule has 0 atom stereocenters. The van der Waals surface area contributed by atoms with Crippen molar-refractivity contribution in [3.8, 4) is 0 Å². The summed E-state index contributed by atoms with van der Waals surface area (Å²) in [6.45, 7) is 1.92. The molecule has 0 saturated heterocycles. The highest BCUT2D eigenvalue weighted by Gasteiger charge is 1.76. The Bertz CT molecular complexity index is 143. The van der Waals surface area contributed by atoms with Gasteiger partial charge in [0.25, 0.3) is 0 Å². The topological polar surface area (TPSA) is 0 Å². The van der Waals surface area contributed by atoms with Gasteiger partial charge in [-0.2, -0.15) is 0 Å². The molecule has 0 amide bonds. The number of allylic oxidation sites excluding steroid dienone is 5. The second-order valence-electron chi connectivity index (χ2n) is 1.37. The van der Waals surface area contributed by atoms with Gasteiger partial charge in [-0.15, -0.1) is 0 Å². The van der Waals surface area contributed by atoms with Gasteiger partial charge in [0.2, 0.25) is 0 Å². The monoisotopic (exact) mass is 162 g/mol. The maximum Gasteiger partial charge on any atom is 0.0414 e. The smallest absolute Gasteiger partial charge is 0.0414 e. The molecule has 0 bridgehead atoms. The highest BCUT2D eigenvalue weighted by atomic mass is 35.5. The van der Waals surface area contributed by atoms with Gasteiger partial charge < -0.3 is 0 Å². The largest absolute Gasteiger partial charge is 0.0929 e. The van der Waals surface area contributed by atoms with E-state index in [1.165, 1.54) is 5.54 Å². The molecular weight excluding hydrogens is 155 g/mol. The molecular formula is C7H8Cl2. The lowest BCUT2D eigenvalue weighted by molar-refractivity contribution is 1.72. The van der Waals surface area contributed by atoms with Crippen LogP contribution in [0.25, 0.3) is 0 Å². The molecule has 0 rings (SSSR count). The molecule has 0 radical (unpaired) electrons. The van der Waals surface area contributed by atoms with Crippen LogP contribution in [-0.4, -0.2) is 0 Å². The SMILES string of the molecule is C\C=C/C=C(Cl)\C=C\Cl. The van der Waals surface area contributed by atoms with Gasteiger partial charge in [-0.1, -0.05) is 35.4 Å². The lowest BCUT2D eigenvalue weighted by atomic mass is 10.4. The third-order valence-corrected chi connectivity index (χ3v) is 1.05. The number of hydrogen-bond donors (Lipinski definition) is 0. The second kappa shape index (κ2) is 5.93. The average Bonchev–Trinajstić information content (AvgIpc) is 1.85. The molecule has 0 saturated carbocycles. The summed E-state index contributed by atoms with van der Waals surface area (Å²) in [7, 11) is 0.